The van der Waals surface area contributed by atoms with Crippen molar-refractivity contribution in [3.05, 3.63) is 29.8 Å². The second-order valence-corrected chi connectivity index (χ2v) is 7.29. The second kappa shape index (κ2) is 5.81. The molecule has 1 fully saturated rings. The number of likely N-dealkylation sites (tertiary alicyclic amines) is 1. The summed E-state index contributed by atoms with van der Waals surface area (Å²) in [7, 11) is -1.47. The first kappa shape index (κ1) is 15.4. The fourth-order valence-corrected chi connectivity index (χ4v) is 3.23. The Morgan fingerprint density at radius 1 is 1.35 bits per heavy atom. The Hall–Kier alpha value is -0.950. The van der Waals surface area contributed by atoms with Gasteiger partial charge >= 0.3 is 0 Å². The van der Waals surface area contributed by atoms with Crippen LogP contribution in [0.25, 0.3) is 0 Å². The van der Waals surface area contributed by atoms with Crippen molar-refractivity contribution in [2.75, 3.05) is 13.6 Å². The van der Waals surface area contributed by atoms with Crippen LogP contribution in [0, 0.1) is 0 Å². The Morgan fingerprint density at radius 3 is 2.40 bits per heavy atom. The Bertz CT molecular complexity index is 546. The highest BCUT2D eigenvalue weighted by atomic mass is 32.2. The molecule has 1 heterocycles. The summed E-state index contributed by atoms with van der Waals surface area (Å²) in [5, 5.41) is 8.69. The molecule has 0 radical (unpaired) electrons. The third kappa shape index (κ3) is 3.58. The van der Waals surface area contributed by atoms with Gasteiger partial charge in [0.1, 0.15) is 0 Å². The molecule has 0 aromatic heterocycles. The molecule has 0 saturated carbocycles. The fourth-order valence-electron chi connectivity index (χ4n) is 2.71. The highest BCUT2D eigenvalue weighted by Crippen LogP contribution is 2.20. The van der Waals surface area contributed by atoms with Crippen LogP contribution < -0.4 is 10.5 Å². The van der Waals surface area contributed by atoms with Gasteiger partial charge in [-0.2, -0.15) is 0 Å². The van der Waals surface area contributed by atoms with E-state index < -0.39 is 10.0 Å². The summed E-state index contributed by atoms with van der Waals surface area (Å²) < 4.78 is 22.4. The predicted octanol–water partition coefficient (Wildman–Crippen LogP) is 1.08. The lowest BCUT2D eigenvalue weighted by Crippen LogP contribution is -2.33. The minimum Gasteiger partial charge on any atom is -0.306 e. The average molecular weight is 297 g/mol. The summed E-state index contributed by atoms with van der Waals surface area (Å²) in [6.07, 6.45) is 1.14. The molecule has 112 valence electrons. The molecule has 0 bridgehead atoms. The minimum atomic E-state index is -3.61. The molecular formula is C14H23N3O2S. The maximum absolute atomic E-state index is 11.2. The molecule has 2 rings (SSSR count). The highest BCUT2D eigenvalue weighted by Gasteiger charge is 2.27. The highest BCUT2D eigenvalue weighted by molar-refractivity contribution is 7.89. The van der Waals surface area contributed by atoms with Crippen LogP contribution in [0.5, 0.6) is 0 Å². The number of primary sulfonamides is 1. The van der Waals surface area contributed by atoms with E-state index in [1.807, 2.05) is 12.1 Å². The summed E-state index contributed by atoms with van der Waals surface area (Å²) in [6.45, 7) is 5.36. The summed E-state index contributed by atoms with van der Waals surface area (Å²) >= 11 is 0. The Morgan fingerprint density at radius 2 is 1.95 bits per heavy atom. The molecule has 3 unspecified atom stereocenters. The van der Waals surface area contributed by atoms with Gasteiger partial charge in [0.15, 0.2) is 0 Å². The topological polar surface area (TPSA) is 75.4 Å². The van der Waals surface area contributed by atoms with Crippen molar-refractivity contribution in [2.24, 2.45) is 5.14 Å². The molecule has 1 aliphatic rings. The molecule has 1 aromatic carbocycles. The number of nitrogens with two attached hydrogens (primary N) is 1. The van der Waals surface area contributed by atoms with Crippen molar-refractivity contribution in [2.45, 2.75) is 43.3 Å². The molecule has 1 saturated heterocycles. The van der Waals surface area contributed by atoms with Gasteiger partial charge < -0.3 is 10.2 Å². The Kier molecular flexibility index (Phi) is 4.49. The number of nitrogens with zero attached hydrogens (tertiary/aromatic N) is 1. The monoisotopic (exact) mass is 297 g/mol. The standard InChI is InChI=1S/C14H23N3O2S/c1-10-8-13(9-17(10)3)16-11(2)12-4-6-14(7-5-12)20(15,18)19/h4-7,10-11,13,16H,8-9H2,1-3H3,(H2,15,18,19). The van der Waals surface area contributed by atoms with Gasteiger partial charge in [0, 0.05) is 24.7 Å². The van der Waals surface area contributed by atoms with E-state index in [2.05, 4.69) is 31.1 Å². The van der Waals surface area contributed by atoms with E-state index in [-0.39, 0.29) is 10.9 Å². The third-order valence-corrected chi connectivity index (χ3v) is 5.01. The Balaban J connectivity index is 2.01. The molecule has 6 heteroatoms. The van der Waals surface area contributed by atoms with Crippen LogP contribution in [0.1, 0.15) is 31.9 Å². The van der Waals surface area contributed by atoms with Crippen molar-refractivity contribution in [1.29, 1.82) is 0 Å². The largest absolute Gasteiger partial charge is 0.306 e. The lowest BCUT2D eigenvalue weighted by molar-refractivity contribution is 0.325. The van der Waals surface area contributed by atoms with E-state index in [1.54, 1.807) is 12.1 Å². The van der Waals surface area contributed by atoms with Gasteiger partial charge in [-0.05, 0) is 45.0 Å². The molecule has 3 N–H and O–H groups in total. The third-order valence-electron chi connectivity index (χ3n) is 4.08. The van der Waals surface area contributed by atoms with Gasteiger partial charge in [-0.1, -0.05) is 12.1 Å². The van der Waals surface area contributed by atoms with Gasteiger partial charge in [0.05, 0.1) is 4.90 Å². The summed E-state index contributed by atoms with van der Waals surface area (Å²) in [5.74, 6) is 0. The number of hydrogen-bond acceptors (Lipinski definition) is 4. The molecule has 1 aromatic rings. The van der Waals surface area contributed by atoms with E-state index >= 15 is 0 Å². The summed E-state index contributed by atoms with van der Waals surface area (Å²) in [4.78, 5) is 2.50. The first-order chi connectivity index (χ1) is 9.27. The minimum absolute atomic E-state index is 0.155. The van der Waals surface area contributed by atoms with Crippen molar-refractivity contribution in [3.8, 4) is 0 Å². The van der Waals surface area contributed by atoms with Crippen molar-refractivity contribution < 1.29 is 8.42 Å². The van der Waals surface area contributed by atoms with Crippen LogP contribution in [-0.2, 0) is 10.0 Å². The van der Waals surface area contributed by atoms with Crippen LogP contribution in [-0.4, -0.2) is 39.0 Å². The van der Waals surface area contributed by atoms with Crippen LogP contribution in [0.2, 0.25) is 0 Å². The van der Waals surface area contributed by atoms with Gasteiger partial charge in [0.2, 0.25) is 10.0 Å². The number of hydrogen-bond donors (Lipinski definition) is 2. The maximum Gasteiger partial charge on any atom is 0.238 e. The van der Waals surface area contributed by atoms with Gasteiger partial charge in [-0.3, -0.25) is 0 Å². The zero-order valence-corrected chi connectivity index (χ0v) is 13.0. The second-order valence-electron chi connectivity index (χ2n) is 5.72. The van der Waals surface area contributed by atoms with Crippen LogP contribution >= 0.6 is 0 Å². The van der Waals surface area contributed by atoms with Gasteiger partial charge in [0.25, 0.3) is 0 Å². The SMILES string of the molecule is CC(NC1CC(C)N(C)C1)c1ccc(S(N)(=O)=O)cc1. The zero-order chi connectivity index (χ0) is 14.9. The molecule has 0 aliphatic carbocycles. The van der Waals surface area contributed by atoms with Crippen LogP contribution in [0.15, 0.2) is 29.2 Å². The molecule has 0 amide bonds. The lowest BCUT2D eigenvalue weighted by atomic mass is 10.1. The average Bonchev–Trinajstić information content (AvgIpc) is 2.67. The summed E-state index contributed by atoms with van der Waals surface area (Å²) in [6, 6.07) is 8.03. The van der Waals surface area contributed by atoms with Gasteiger partial charge in [-0.15, -0.1) is 0 Å². The predicted molar refractivity (Wildman–Crippen MR) is 79.9 cm³/mol. The first-order valence-corrected chi connectivity index (χ1v) is 8.41. The number of likely N-dealkylation sites (N-methyl/N-ethyl adjacent to an activating group) is 1. The number of benzene rings is 1. The molecule has 1 aliphatic heterocycles. The normalized spacial score (nSPS) is 25.8. The van der Waals surface area contributed by atoms with Crippen molar-refractivity contribution >= 4 is 10.0 Å². The quantitative estimate of drug-likeness (QED) is 0.872. The Labute approximate surface area is 121 Å². The smallest absolute Gasteiger partial charge is 0.238 e. The van der Waals surface area contributed by atoms with Crippen molar-refractivity contribution in [3.63, 3.8) is 0 Å². The van der Waals surface area contributed by atoms with E-state index in [4.69, 9.17) is 5.14 Å². The van der Waals surface area contributed by atoms with E-state index in [9.17, 15) is 8.42 Å². The van der Waals surface area contributed by atoms with Crippen LogP contribution in [0.4, 0.5) is 0 Å². The molecule has 3 atom stereocenters. The van der Waals surface area contributed by atoms with Crippen molar-refractivity contribution in [1.82, 2.24) is 10.2 Å². The maximum atomic E-state index is 11.2. The number of sulfonamides is 1. The van der Waals surface area contributed by atoms with Crippen LogP contribution in [0.3, 0.4) is 0 Å². The zero-order valence-electron chi connectivity index (χ0n) is 12.2. The summed E-state index contributed by atoms with van der Waals surface area (Å²) in [5.41, 5.74) is 1.07. The van der Waals surface area contributed by atoms with E-state index in [0.717, 1.165) is 18.5 Å². The first-order valence-electron chi connectivity index (χ1n) is 6.86. The fraction of sp³-hybridized carbons (Fsp3) is 0.571. The number of nitrogens with one attached hydrogen (secondary N) is 1. The molecule has 20 heavy (non-hydrogen) atoms. The molecule has 5 nitrogen and oxygen atoms in total. The number of rotatable bonds is 4. The van der Waals surface area contributed by atoms with Gasteiger partial charge in [-0.25, -0.2) is 13.6 Å². The lowest BCUT2D eigenvalue weighted by Gasteiger charge is -2.20. The molecule has 0 spiro atoms. The van der Waals surface area contributed by atoms with E-state index in [1.165, 1.54) is 0 Å². The molecular weight excluding hydrogens is 274 g/mol. The van der Waals surface area contributed by atoms with E-state index in [0.29, 0.717) is 12.1 Å².